The molecule has 4 heteroatoms. The zero-order valence-electron chi connectivity index (χ0n) is 9.22. The number of nitrogens with zero attached hydrogens (tertiary/aromatic N) is 1. The highest BCUT2D eigenvalue weighted by Crippen LogP contribution is 2.15. The molecule has 0 spiro atoms. The van der Waals surface area contributed by atoms with E-state index >= 15 is 0 Å². The average Bonchev–Trinajstić information content (AvgIpc) is 2.17. The summed E-state index contributed by atoms with van der Waals surface area (Å²) in [5.74, 6) is 0. The molecule has 0 radical (unpaired) electrons. The maximum Gasteiger partial charge on any atom is 0.0542 e. The zero-order chi connectivity index (χ0) is 11.5. The van der Waals surface area contributed by atoms with E-state index in [0.717, 1.165) is 16.7 Å². The standard InChI is InChI=1S/C11H16BrClN2/c1-8(13)11(2,3)15-7-10-5-4-9(12)6-14-10/h4-6,8,15H,7H2,1-3H3. The third-order valence-electron chi connectivity index (χ3n) is 2.51. The van der Waals surface area contributed by atoms with Crippen LogP contribution in [0.2, 0.25) is 0 Å². The van der Waals surface area contributed by atoms with Crippen LogP contribution >= 0.6 is 27.5 Å². The number of rotatable bonds is 4. The minimum Gasteiger partial charge on any atom is -0.305 e. The number of nitrogens with one attached hydrogen (secondary N) is 1. The molecule has 2 nitrogen and oxygen atoms in total. The van der Waals surface area contributed by atoms with Crippen LogP contribution in [0.25, 0.3) is 0 Å². The Hall–Kier alpha value is -0.120. The summed E-state index contributed by atoms with van der Waals surface area (Å²) >= 11 is 9.43. The van der Waals surface area contributed by atoms with Gasteiger partial charge >= 0.3 is 0 Å². The van der Waals surface area contributed by atoms with Crippen LogP contribution in [0.4, 0.5) is 0 Å². The van der Waals surface area contributed by atoms with Crippen molar-refractivity contribution in [2.45, 2.75) is 38.2 Å². The highest BCUT2D eigenvalue weighted by molar-refractivity contribution is 9.10. The molecule has 0 saturated carbocycles. The van der Waals surface area contributed by atoms with Gasteiger partial charge in [-0.3, -0.25) is 4.98 Å². The molecule has 0 bridgehead atoms. The number of hydrogen-bond donors (Lipinski definition) is 1. The number of aromatic nitrogens is 1. The minimum absolute atomic E-state index is 0.0768. The van der Waals surface area contributed by atoms with Gasteiger partial charge in [0.1, 0.15) is 0 Å². The molecule has 0 aliphatic carbocycles. The lowest BCUT2D eigenvalue weighted by Crippen LogP contribution is -2.45. The van der Waals surface area contributed by atoms with Gasteiger partial charge in [0, 0.05) is 28.1 Å². The van der Waals surface area contributed by atoms with E-state index in [4.69, 9.17) is 11.6 Å². The van der Waals surface area contributed by atoms with Crippen molar-refractivity contribution in [3.63, 3.8) is 0 Å². The van der Waals surface area contributed by atoms with Crippen LogP contribution in [0.5, 0.6) is 0 Å². The van der Waals surface area contributed by atoms with E-state index in [1.807, 2.05) is 19.1 Å². The van der Waals surface area contributed by atoms with Crippen molar-refractivity contribution < 1.29 is 0 Å². The average molecular weight is 292 g/mol. The highest BCUT2D eigenvalue weighted by Gasteiger charge is 2.22. The Bertz CT molecular complexity index is 309. The molecular weight excluding hydrogens is 275 g/mol. The Labute approximate surface area is 105 Å². The van der Waals surface area contributed by atoms with Crippen LogP contribution in [0.15, 0.2) is 22.8 Å². The van der Waals surface area contributed by atoms with Crippen molar-refractivity contribution in [2.75, 3.05) is 0 Å². The Balaban J connectivity index is 2.54. The van der Waals surface area contributed by atoms with E-state index in [0.29, 0.717) is 0 Å². The van der Waals surface area contributed by atoms with E-state index in [-0.39, 0.29) is 10.9 Å². The Morgan fingerprint density at radius 2 is 2.20 bits per heavy atom. The van der Waals surface area contributed by atoms with Gasteiger partial charge in [-0.25, -0.2) is 0 Å². The summed E-state index contributed by atoms with van der Waals surface area (Å²) in [4.78, 5) is 4.29. The van der Waals surface area contributed by atoms with E-state index in [9.17, 15) is 0 Å². The number of pyridine rings is 1. The summed E-state index contributed by atoms with van der Waals surface area (Å²) in [6, 6.07) is 3.98. The Kier molecular flexibility index (Phi) is 4.56. The molecule has 1 N–H and O–H groups in total. The highest BCUT2D eigenvalue weighted by atomic mass is 79.9. The maximum absolute atomic E-state index is 6.07. The van der Waals surface area contributed by atoms with E-state index in [1.54, 1.807) is 6.20 Å². The van der Waals surface area contributed by atoms with Crippen LogP contribution in [-0.4, -0.2) is 15.9 Å². The quantitative estimate of drug-likeness (QED) is 0.861. The molecule has 84 valence electrons. The zero-order valence-corrected chi connectivity index (χ0v) is 11.6. The van der Waals surface area contributed by atoms with Crippen molar-refractivity contribution in [2.24, 2.45) is 0 Å². The van der Waals surface area contributed by atoms with Crippen molar-refractivity contribution in [3.8, 4) is 0 Å². The summed E-state index contributed by atoms with van der Waals surface area (Å²) < 4.78 is 0.997. The number of alkyl halides is 1. The topological polar surface area (TPSA) is 24.9 Å². The lowest BCUT2D eigenvalue weighted by molar-refractivity contribution is 0.378. The van der Waals surface area contributed by atoms with E-state index < -0.39 is 0 Å². The van der Waals surface area contributed by atoms with Crippen LogP contribution in [0.1, 0.15) is 26.5 Å². The number of halogens is 2. The molecule has 0 aliphatic rings. The lowest BCUT2D eigenvalue weighted by Gasteiger charge is -2.28. The molecule has 1 unspecified atom stereocenters. The van der Waals surface area contributed by atoms with Crippen LogP contribution in [0, 0.1) is 0 Å². The first kappa shape index (κ1) is 12.9. The predicted octanol–water partition coefficient (Wildman–Crippen LogP) is 3.34. The summed E-state index contributed by atoms with van der Waals surface area (Å²) in [6.07, 6.45) is 1.80. The summed E-state index contributed by atoms with van der Waals surface area (Å²) in [6.45, 7) is 6.90. The molecule has 1 aromatic rings. The van der Waals surface area contributed by atoms with Crippen molar-refractivity contribution >= 4 is 27.5 Å². The molecule has 0 aliphatic heterocycles. The van der Waals surface area contributed by atoms with Crippen LogP contribution < -0.4 is 5.32 Å². The van der Waals surface area contributed by atoms with Gasteiger partial charge in [0.25, 0.3) is 0 Å². The molecule has 1 aromatic heterocycles. The molecule has 1 rings (SSSR count). The second kappa shape index (κ2) is 5.28. The first-order valence-electron chi connectivity index (χ1n) is 4.91. The molecule has 1 atom stereocenters. The summed E-state index contributed by atoms with van der Waals surface area (Å²) in [5.41, 5.74) is 0.930. The third kappa shape index (κ3) is 4.09. The normalized spacial score (nSPS) is 13.9. The molecule has 0 saturated heterocycles. The second-order valence-electron chi connectivity index (χ2n) is 4.16. The smallest absolute Gasteiger partial charge is 0.0542 e. The van der Waals surface area contributed by atoms with E-state index in [1.165, 1.54) is 0 Å². The van der Waals surface area contributed by atoms with Crippen molar-refractivity contribution in [1.82, 2.24) is 10.3 Å². The lowest BCUT2D eigenvalue weighted by atomic mass is 10.0. The first-order chi connectivity index (χ1) is 6.92. The largest absolute Gasteiger partial charge is 0.305 e. The Morgan fingerprint density at radius 3 is 2.67 bits per heavy atom. The van der Waals surface area contributed by atoms with Gasteiger partial charge in [-0.2, -0.15) is 0 Å². The van der Waals surface area contributed by atoms with Gasteiger partial charge in [0.2, 0.25) is 0 Å². The minimum atomic E-state index is -0.0870. The van der Waals surface area contributed by atoms with Crippen molar-refractivity contribution in [3.05, 3.63) is 28.5 Å². The van der Waals surface area contributed by atoms with E-state index in [2.05, 4.69) is 40.1 Å². The first-order valence-corrected chi connectivity index (χ1v) is 6.14. The van der Waals surface area contributed by atoms with Gasteiger partial charge in [0.05, 0.1) is 5.69 Å². The summed E-state index contributed by atoms with van der Waals surface area (Å²) in [5, 5.41) is 3.46. The predicted molar refractivity (Wildman–Crippen MR) is 68.2 cm³/mol. The fraction of sp³-hybridized carbons (Fsp3) is 0.545. The van der Waals surface area contributed by atoms with Gasteiger partial charge in [-0.1, -0.05) is 0 Å². The molecule has 0 aromatic carbocycles. The SMILES string of the molecule is CC(Cl)C(C)(C)NCc1ccc(Br)cn1. The molecule has 1 heterocycles. The van der Waals surface area contributed by atoms with Crippen LogP contribution in [-0.2, 0) is 6.54 Å². The van der Waals surface area contributed by atoms with Gasteiger partial charge in [-0.15, -0.1) is 11.6 Å². The van der Waals surface area contributed by atoms with Gasteiger partial charge in [-0.05, 0) is 48.8 Å². The number of hydrogen-bond acceptors (Lipinski definition) is 2. The summed E-state index contributed by atoms with van der Waals surface area (Å²) in [7, 11) is 0. The molecule has 15 heavy (non-hydrogen) atoms. The van der Waals surface area contributed by atoms with Crippen molar-refractivity contribution in [1.29, 1.82) is 0 Å². The van der Waals surface area contributed by atoms with Gasteiger partial charge < -0.3 is 5.32 Å². The van der Waals surface area contributed by atoms with Crippen LogP contribution in [0.3, 0.4) is 0 Å². The second-order valence-corrected chi connectivity index (χ2v) is 5.73. The van der Waals surface area contributed by atoms with Gasteiger partial charge in [0.15, 0.2) is 0 Å². The Morgan fingerprint density at radius 1 is 1.53 bits per heavy atom. The molecule has 0 fully saturated rings. The maximum atomic E-state index is 6.07. The third-order valence-corrected chi connectivity index (χ3v) is 3.52. The molecule has 0 amide bonds. The molecular formula is C11H16BrClN2. The fourth-order valence-corrected chi connectivity index (χ4v) is 1.28. The fourth-order valence-electron chi connectivity index (χ4n) is 0.970. The monoisotopic (exact) mass is 290 g/mol.